The third-order valence-electron chi connectivity index (χ3n) is 6.74. The minimum absolute atomic E-state index is 0.216. The van der Waals surface area contributed by atoms with E-state index in [2.05, 4.69) is 10.6 Å². The minimum Gasteiger partial charge on any atom is -0.436 e. The smallest absolute Gasteiger partial charge is 0.412 e. The maximum atomic E-state index is 12.9. The average Bonchev–Trinajstić information content (AvgIpc) is 3.26. The van der Waals surface area contributed by atoms with Gasteiger partial charge in [-0.25, -0.2) is 4.79 Å². The molecule has 1 aliphatic rings. The van der Waals surface area contributed by atoms with Crippen molar-refractivity contribution in [2.24, 2.45) is 0 Å². The monoisotopic (exact) mass is 550 g/mol. The van der Waals surface area contributed by atoms with Crippen LogP contribution in [0.1, 0.15) is 27.6 Å². The minimum atomic E-state index is -4.40. The van der Waals surface area contributed by atoms with Gasteiger partial charge in [-0.1, -0.05) is 66.7 Å². The average molecular weight is 551 g/mol. The standard InChI is InChI=1S/C31H22N2O6S/c34-30(32-22-6-5-7-24(18-22)40(36,37)38)20-13-12-19-14-15-23(17-21(19)16-20)33-31(35)39-29-27-10-3-1-8-25(27)26-9-2-4-11-28(26)29/h1-18,29H,(H,32,34)(H,33,35)(H,36,37,38). The first-order valence-electron chi connectivity index (χ1n) is 12.3. The molecule has 5 aromatic carbocycles. The predicted octanol–water partition coefficient (Wildman–Crippen LogP) is 6.66. The molecule has 0 unspecified atom stereocenters. The molecule has 2 amide bonds. The maximum absolute atomic E-state index is 12.9. The fraction of sp³-hybridized carbons (Fsp3) is 0.0323. The molecule has 0 radical (unpaired) electrons. The van der Waals surface area contributed by atoms with Crippen LogP contribution in [0.15, 0.2) is 114 Å². The van der Waals surface area contributed by atoms with Gasteiger partial charge in [0, 0.05) is 28.1 Å². The number of rotatable bonds is 5. The Balaban J connectivity index is 1.20. The lowest BCUT2D eigenvalue weighted by atomic mass is 10.1. The molecule has 0 saturated carbocycles. The van der Waals surface area contributed by atoms with E-state index in [1.807, 2.05) is 54.6 Å². The van der Waals surface area contributed by atoms with Gasteiger partial charge in [-0.2, -0.15) is 8.42 Å². The van der Waals surface area contributed by atoms with Crippen molar-refractivity contribution in [2.45, 2.75) is 11.0 Å². The highest BCUT2D eigenvalue weighted by Gasteiger charge is 2.31. The number of fused-ring (bicyclic) bond motifs is 4. The molecule has 198 valence electrons. The number of ether oxygens (including phenoxy) is 1. The Morgan fingerprint density at radius 3 is 2.02 bits per heavy atom. The van der Waals surface area contributed by atoms with E-state index in [0.717, 1.165) is 27.6 Å². The number of anilines is 2. The summed E-state index contributed by atoms with van der Waals surface area (Å²) in [6, 6.07) is 31.4. The van der Waals surface area contributed by atoms with Crippen molar-refractivity contribution in [3.63, 3.8) is 0 Å². The summed E-state index contributed by atoms with van der Waals surface area (Å²) in [5, 5.41) is 6.98. The van der Waals surface area contributed by atoms with Crippen molar-refractivity contribution >= 4 is 44.3 Å². The molecule has 0 saturated heterocycles. The van der Waals surface area contributed by atoms with E-state index in [9.17, 15) is 22.6 Å². The Morgan fingerprint density at radius 1 is 0.675 bits per heavy atom. The van der Waals surface area contributed by atoms with Gasteiger partial charge in [0.15, 0.2) is 6.10 Å². The Kier molecular flexibility index (Phi) is 6.30. The van der Waals surface area contributed by atoms with Crippen LogP contribution in [-0.2, 0) is 14.9 Å². The summed E-state index contributed by atoms with van der Waals surface area (Å²) < 4.78 is 37.9. The van der Waals surface area contributed by atoms with Crippen molar-refractivity contribution in [3.05, 3.63) is 126 Å². The molecular formula is C31H22N2O6S. The predicted molar refractivity (Wildman–Crippen MR) is 152 cm³/mol. The molecule has 0 bridgehead atoms. The van der Waals surface area contributed by atoms with Gasteiger partial charge in [0.05, 0.1) is 4.90 Å². The van der Waals surface area contributed by atoms with E-state index in [-0.39, 0.29) is 10.6 Å². The third-order valence-corrected chi connectivity index (χ3v) is 7.59. The first kappa shape index (κ1) is 25.3. The van der Waals surface area contributed by atoms with Crippen LogP contribution in [0.3, 0.4) is 0 Å². The Labute approximate surface area is 230 Å². The molecule has 3 N–H and O–H groups in total. The van der Waals surface area contributed by atoms with Gasteiger partial charge in [0.1, 0.15) is 0 Å². The topological polar surface area (TPSA) is 122 Å². The van der Waals surface area contributed by atoms with Crippen LogP contribution in [0.5, 0.6) is 0 Å². The van der Waals surface area contributed by atoms with Gasteiger partial charge in [0.2, 0.25) is 0 Å². The van der Waals surface area contributed by atoms with Gasteiger partial charge >= 0.3 is 6.09 Å². The second-order valence-electron chi connectivity index (χ2n) is 9.32. The van der Waals surface area contributed by atoms with Crippen LogP contribution in [0.2, 0.25) is 0 Å². The molecule has 9 heteroatoms. The summed E-state index contributed by atoms with van der Waals surface area (Å²) in [6.07, 6.45) is -1.13. The summed E-state index contributed by atoms with van der Waals surface area (Å²) in [4.78, 5) is 25.5. The van der Waals surface area contributed by atoms with Crippen LogP contribution in [0.4, 0.5) is 16.2 Å². The van der Waals surface area contributed by atoms with Gasteiger partial charge in [-0.15, -0.1) is 0 Å². The van der Waals surface area contributed by atoms with Gasteiger partial charge in [-0.05, 0) is 64.4 Å². The van der Waals surface area contributed by atoms with Gasteiger partial charge < -0.3 is 10.1 Å². The normalized spacial score (nSPS) is 12.4. The van der Waals surface area contributed by atoms with Crippen LogP contribution < -0.4 is 10.6 Å². The fourth-order valence-electron chi connectivity index (χ4n) is 4.89. The van der Waals surface area contributed by atoms with Crippen LogP contribution in [0.25, 0.3) is 21.9 Å². The quantitative estimate of drug-likeness (QED) is 0.211. The van der Waals surface area contributed by atoms with Gasteiger partial charge in [-0.3, -0.25) is 14.7 Å². The Bertz CT molecular complexity index is 1870. The van der Waals surface area contributed by atoms with E-state index in [0.29, 0.717) is 16.6 Å². The second-order valence-corrected chi connectivity index (χ2v) is 10.7. The van der Waals surface area contributed by atoms with Crippen molar-refractivity contribution in [2.75, 3.05) is 10.6 Å². The van der Waals surface area contributed by atoms with Crippen LogP contribution in [0, 0.1) is 0 Å². The highest BCUT2D eigenvalue weighted by molar-refractivity contribution is 7.85. The lowest BCUT2D eigenvalue weighted by Gasteiger charge is -2.16. The number of hydrogen-bond acceptors (Lipinski definition) is 5. The fourth-order valence-corrected chi connectivity index (χ4v) is 5.42. The highest BCUT2D eigenvalue weighted by atomic mass is 32.2. The molecule has 5 aromatic rings. The van der Waals surface area contributed by atoms with E-state index in [4.69, 9.17) is 4.74 Å². The molecule has 0 aromatic heterocycles. The molecule has 6 rings (SSSR count). The zero-order valence-corrected chi connectivity index (χ0v) is 21.7. The van der Waals surface area contributed by atoms with E-state index >= 15 is 0 Å². The first-order chi connectivity index (χ1) is 19.3. The van der Waals surface area contributed by atoms with E-state index < -0.39 is 28.2 Å². The number of carbonyl (C=O) groups is 2. The molecular weight excluding hydrogens is 528 g/mol. The van der Waals surface area contributed by atoms with E-state index in [1.54, 1.807) is 30.3 Å². The van der Waals surface area contributed by atoms with Crippen LogP contribution >= 0.6 is 0 Å². The van der Waals surface area contributed by atoms with Gasteiger partial charge in [0.25, 0.3) is 16.0 Å². The Hall–Kier alpha value is -4.99. The molecule has 0 atom stereocenters. The number of nitrogens with one attached hydrogen (secondary N) is 2. The maximum Gasteiger partial charge on any atom is 0.412 e. The lowest BCUT2D eigenvalue weighted by Crippen LogP contribution is -2.17. The summed E-state index contributed by atoms with van der Waals surface area (Å²) >= 11 is 0. The van der Waals surface area contributed by atoms with Crippen LogP contribution in [-0.4, -0.2) is 25.0 Å². The second kappa shape index (κ2) is 9.96. The number of benzene rings is 5. The third kappa shape index (κ3) is 4.91. The van der Waals surface area contributed by atoms with Crippen molar-refractivity contribution < 1.29 is 27.3 Å². The molecule has 1 aliphatic carbocycles. The van der Waals surface area contributed by atoms with E-state index in [1.165, 1.54) is 24.3 Å². The van der Waals surface area contributed by atoms with Crippen molar-refractivity contribution in [3.8, 4) is 11.1 Å². The molecule has 0 spiro atoms. The summed E-state index contributed by atoms with van der Waals surface area (Å²) in [5.41, 5.74) is 4.96. The summed E-state index contributed by atoms with van der Waals surface area (Å²) in [7, 11) is -4.40. The lowest BCUT2D eigenvalue weighted by molar-refractivity contribution is 0.102. The molecule has 40 heavy (non-hydrogen) atoms. The largest absolute Gasteiger partial charge is 0.436 e. The van der Waals surface area contributed by atoms with Crippen molar-refractivity contribution in [1.82, 2.24) is 0 Å². The van der Waals surface area contributed by atoms with Crippen molar-refractivity contribution in [1.29, 1.82) is 0 Å². The SMILES string of the molecule is O=C(Nc1ccc2ccc(C(=O)Nc3cccc(S(=O)(=O)O)c3)cc2c1)OC1c2ccccc2-c2ccccc21. The zero-order valence-electron chi connectivity index (χ0n) is 20.9. The highest BCUT2D eigenvalue weighted by Crippen LogP contribution is 2.45. The zero-order chi connectivity index (χ0) is 27.9. The Morgan fingerprint density at radius 2 is 1.32 bits per heavy atom. The number of amides is 2. The molecule has 0 heterocycles. The molecule has 8 nitrogen and oxygen atoms in total. The summed E-state index contributed by atoms with van der Waals surface area (Å²) in [5.74, 6) is -0.467. The number of hydrogen-bond donors (Lipinski definition) is 3. The molecule has 0 aliphatic heterocycles. The number of carbonyl (C=O) groups excluding carboxylic acids is 2. The molecule has 0 fully saturated rings. The first-order valence-corrected chi connectivity index (χ1v) is 13.8. The summed E-state index contributed by atoms with van der Waals surface area (Å²) in [6.45, 7) is 0.